The lowest BCUT2D eigenvalue weighted by molar-refractivity contribution is -0.116. The van der Waals surface area contributed by atoms with Gasteiger partial charge in [0.05, 0.1) is 13.2 Å². The number of benzene rings is 1. The van der Waals surface area contributed by atoms with E-state index in [1.807, 2.05) is 0 Å². The number of rotatable bonds is 5. The molecule has 2 aromatic rings. The van der Waals surface area contributed by atoms with Gasteiger partial charge in [0.15, 0.2) is 0 Å². The van der Waals surface area contributed by atoms with Gasteiger partial charge in [-0.05, 0) is 36.4 Å². The smallest absolute Gasteiger partial charge is 0.271 e. The van der Waals surface area contributed by atoms with E-state index in [1.165, 1.54) is 46.9 Å². The van der Waals surface area contributed by atoms with Gasteiger partial charge in [0.1, 0.15) is 17.3 Å². The molecular weight excluding hydrogens is 377 g/mol. The van der Waals surface area contributed by atoms with E-state index in [9.17, 15) is 22.4 Å². The van der Waals surface area contributed by atoms with E-state index >= 15 is 0 Å². The third kappa shape index (κ3) is 4.41. The molecule has 1 fully saturated rings. The number of hydrogen-bond acceptors (Lipinski definition) is 5. The molecule has 10 heteroatoms. The second-order valence-corrected chi connectivity index (χ2v) is 7.78. The topological polar surface area (TPSA) is 97.7 Å². The molecule has 0 unspecified atom stereocenters. The lowest BCUT2D eigenvalue weighted by atomic mass is 10.3. The van der Waals surface area contributed by atoms with Crippen molar-refractivity contribution in [3.05, 3.63) is 58.8 Å². The first-order valence-electron chi connectivity index (χ1n) is 8.21. The zero-order valence-corrected chi connectivity index (χ0v) is 15.1. The maximum Gasteiger partial charge on any atom is 0.271 e. The van der Waals surface area contributed by atoms with Crippen LogP contribution in [0, 0.1) is 5.82 Å². The third-order valence-corrected chi connectivity index (χ3v) is 5.93. The summed E-state index contributed by atoms with van der Waals surface area (Å²) in [7, 11) is -3.97. The first-order chi connectivity index (χ1) is 12.9. The number of aromatic nitrogens is 1. The van der Waals surface area contributed by atoms with Crippen molar-refractivity contribution in [1.29, 1.82) is 0 Å². The molecule has 1 amide bonds. The Balaban J connectivity index is 1.79. The monoisotopic (exact) mass is 395 g/mol. The van der Waals surface area contributed by atoms with Gasteiger partial charge in [-0.25, -0.2) is 12.8 Å². The Morgan fingerprint density at radius 1 is 1.15 bits per heavy atom. The molecule has 144 valence electrons. The van der Waals surface area contributed by atoms with Gasteiger partial charge in [-0.2, -0.15) is 4.31 Å². The van der Waals surface area contributed by atoms with Crippen LogP contribution in [0.4, 0.5) is 10.1 Å². The zero-order chi connectivity index (χ0) is 19.4. The number of pyridine rings is 1. The van der Waals surface area contributed by atoms with Crippen molar-refractivity contribution < 1.29 is 22.3 Å². The van der Waals surface area contributed by atoms with Gasteiger partial charge in [0, 0.05) is 25.0 Å². The average molecular weight is 395 g/mol. The van der Waals surface area contributed by atoms with Gasteiger partial charge in [0.25, 0.3) is 5.56 Å². The molecule has 1 aromatic carbocycles. The van der Waals surface area contributed by atoms with E-state index in [0.717, 1.165) is 4.57 Å². The minimum absolute atomic E-state index is 0.168. The van der Waals surface area contributed by atoms with Crippen LogP contribution in [0.25, 0.3) is 0 Å². The molecule has 0 spiro atoms. The summed E-state index contributed by atoms with van der Waals surface area (Å²) in [6, 6.07) is 7.78. The molecule has 0 bridgehead atoms. The van der Waals surface area contributed by atoms with Crippen LogP contribution < -0.4 is 10.9 Å². The van der Waals surface area contributed by atoms with Crippen molar-refractivity contribution in [2.24, 2.45) is 0 Å². The van der Waals surface area contributed by atoms with Gasteiger partial charge in [-0.15, -0.1) is 0 Å². The summed E-state index contributed by atoms with van der Waals surface area (Å²) in [5.41, 5.74) is -0.412. The molecule has 27 heavy (non-hydrogen) atoms. The van der Waals surface area contributed by atoms with Gasteiger partial charge in [-0.3, -0.25) is 9.59 Å². The van der Waals surface area contributed by atoms with Gasteiger partial charge >= 0.3 is 0 Å². The molecular formula is C17H18FN3O5S. The number of halogens is 1. The lowest BCUT2D eigenvalue weighted by Gasteiger charge is -2.25. The van der Waals surface area contributed by atoms with Crippen LogP contribution in [0.15, 0.2) is 52.3 Å². The van der Waals surface area contributed by atoms with Gasteiger partial charge in [-0.1, -0.05) is 0 Å². The van der Waals surface area contributed by atoms with Crippen LogP contribution in [0.1, 0.15) is 0 Å². The number of anilines is 1. The zero-order valence-electron chi connectivity index (χ0n) is 14.3. The number of morpholine rings is 1. The van der Waals surface area contributed by atoms with Crippen LogP contribution in [0.5, 0.6) is 0 Å². The highest BCUT2D eigenvalue weighted by molar-refractivity contribution is 7.89. The Morgan fingerprint density at radius 3 is 2.48 bits per heavy atom. The minimum Gasteiger partial charge on any atom is -0.379 e. The predicted molar refractivity (Wildman–Crippen MR) is 95.3 cm³/mol. The maximum atomic E-state index is 12.9. The van der Waals surface area contributed by atoms with Crippen molar-refractivity contribution in [3.8, 4) is 0 Å². The molecule has 1 N–H and O–H groups in total. The molecule has 0 radical (unpaired) electrons. The van der Waals surface area contributed by atoms with E-state index in [0.29, 0.717) is 5.69 Å². The third-order valence-electron chi connectivity index (χ3n) is 4.02. The van der Waals surface area contributed by atoms with Gasteiger partial charge in [0.2, 0.25) is 15.9 Å². The van der Waals surface area contributed by atoms with Gasteiger partial charge < -0.3 is 14.6 Å². The Morgan fingerprint density at radius 2 is 1.81 bits per heavy atom. The Labute approximate surface area is 155 Å². The lowest BCUT2D eigenvalue weighted by Crippen LogP contribution is -2.43. The van der Waals surface area contributed by atoms with Crippen LogP contribution in [0.3, 0.4) is 0 Å². The summed E-state index contributed by atoms with van der Waals surface area (Å²) in [5, 5.41) is 2.52. The number of carbonyl (C=O) groups is 1. The second-order valence-electron chi connectivity index (χ2n) is 5.88. The van der Waals surface area contributed by atoms with E-state index in [4.69, 9.17) is 4.74 Å². The van der Waals surface area contributed by atoms with Crippen molar-refractivity contribution in [2.45, 2.75) is 11.4 Å². The van der Waals surface area contributed by atoms with Crippen LogP contribution >= 0.6 is 0 Å². The molecule has 0 saturated carbocycles. The summed E-state index contributed by atoms with van der Waals surface area (Å²) in [4.78, 5) is 24.3. The average Bonchev–Trinajstić information content (AvgIpc) is 2.66. The largest absolute Gasteiger partial charge is 0.379 e. The fourth-order valence-corrected chi connectivity index (χ4v) is 4.15. The van der Waals surface area contributed by atoms with E-state index in [-0.39, 0.29) is 37.7 Å². The molecule has 8 nitrogen and oxygen atoms in total. The van der Waals surface area contributed by atoms with E-state index in [2.05, 4.69) is 5.32 Å². The Kier molecular flexibility index (Phi) is 5.68. The number of nitrogens with one attached hydrogen (secondary N) is 1. The van der Waals surface area contributed by atoms with Crippen LogP contribution in [-0.4, -0.2) is 49.5 Å². The summed E-state index contributed by atoms with van der Waals surface area (Å²) < 4.78 is 45.6. The van der Waals surface area contributed by atoms with Crippen LogP contribution in [0.2, 0.25) is 0 Å². The highest BCUT2D eigenvalue weighted by Crippen LogP contribution is 2.13. The number of sulfonamides is 1. The molecule has 1 aliphatic heterocycles. The van der Waals surface area contributed by atoms with Crippen molar-refractivity contribution in [2.75, 3.05) is 31.6 Å². The normalized spacial score (nSPS) is 15.4. The second kappa shape index (κ2) is 7.99. The highest BCUT2D eigenvalue weighted by Gasteiger charge is 2.29. The number of nitrogens with zero attached hydrogens (tertiary/aromatic N) is 2. The maximum absolute atomic E-state index is 12.9. The molecule has 1 aliphatic rings. The first kappa shape index (κ1) is 19.2. The minimum atomic E-state index is -3.97. The Hall–Kier alpha value is -2.56. The van der Waals surface area contributed by atoms with Crippen molar-refractivity contribution in [1.82, 2.24) is 8.87 Å². The summed E-state index contributed by atoms with van der Waals surface area (Å²) in [6.07, 6.45) is 1.34. The van der Waals surface area contributed by atoms with Crippen molar-refractivity contribution in [3.63, 3.8) is 0 Å². The fourth-order valence-electron chi connectivity index (χ4n) is 2.65. The summed E-state index contributed by atoms with van der Waals surface area (Å²) in [5.74, 6) is -0.977. The highest BCUT2D eigenvalue weighted by atomic mass is 32.2. The summed E-state index contributed by atoms with van der Waals surface area (Å²) in [6.45, 7) is 0.493. The van der Waals surface area contributed by atoms with E-state index in [1.54, 1.807) is 0 Å². The van der Waals surface area contributed by atoms with Crippen molar-refractivity contribution >= 4 is 21.6 Å². The van der Waals surface area contributed by atoms with E-state index < -0.39 is 27.3 Å². The quantitative estimate of drug-likeness (QED) is 0.802. The Bertz CT molecular complexity index is 982. The number of hydrogen-bond donors (Lipinski definition) is 1. The van der Waals surface area contributed by atoms with Crippen LogP contribution in [-0.2, 0) is 26.1 Å². The molecule has 2 heterocycles. The predicted octanol–water partition coefficient (Wildman–Crippen LogP) is 0.647. The number of ether oxygens (including phenoxy) is 1. The standard InChI is InChI=1S/C17H18FN3O5S/c18-13-3-5-14(6-4-13)19-16(22)12-20-7-1-2-15(17(20)23)27(24,25)21-8-10-26-11-9-21/h1-7H,8-12H2,(H,19,22). The fraction of sp³-hybridized carbons (Fsp3) is 0.294. The molecule has 0 atom stereocenters. The molecule has 0 aliphatic carbocycles. The SMILES string of the molecule is O=C(Cn1cccc(S(=O)(=O)N2CCOCC2)c1=O)Nc1ccc(F)cc1. The number of carbonyl (C=O) groups excluding carboxylic acids is 1. The molecule has 1 saturated heterocycles. The number of amides is 1. The molecule has 3 rings (SSSR count). The first-order valence-corrected chi connectivity index (χ1v) is 9.65. The molecule has 1 aromatic heterocycles. The summed E-state index contributed by atoms with van der Waals surface area (Å²) >= 11 is 0.